The summed E-state index contributed by atoms with van der Waals surface area (Å²) in [6.45, 7) is 6.56. The second-order valence-electron chi connectivity index (χ2n) is 3.66. The Labute approximate surface area is 108 Å². The van der Waals surface area contributed by atoms with Crippen molar-refractivity contribution < 1.29 is 14.3 Å². The molecule has 1 aromatic rings. The summed E-state index contributed by atoms with van der Waals surface area (Å²) in [6.07, 6.45) is 1.43. The molecule has 0 saturated carbocycles. The molecule has 0 heterocycles. The van der Waals surface area contributed by atoms with E-state index in [4.69, 9.17) is 9.47 Å². The predicted octanol–water partition coefficient (Wildman–Crippen LogP) is 2.96. The van der Waals surface area contributed by atoms with Crippen molar-refractivity contribution in [3.05, 3.63) is 36.0 Å². The highest BCUT2D eigenvalue weighted by atomic mass is 16.5. The maximum atomic E-state index is 11.2. The average Bonchev–Trinajstić information content (AvgIpc) is 2.32. The number of anilines is 1. The number of hydrogen-bond acceptors (Lipinski definition) is 4. The minimum Gasteiger partial charge on any atom is -0.494 e. The Morgan fingerprint density at radius 2 is 1.89 bits per heavy atom. The number of esters is 1. The lowest BCUT2D eigenvalue weighted by atomic mass is 10.3. The first-order valence-corrected chi connectivity index (χ1v) is 6.00. The lowest BCUT2D eigenvalue weighted by Crippen LogP contribution is -2.04. The number of ether oxygens (including phenoxy) is 2. The molecule has 18 heavy (non-hydrogen) atoms. The topological polar surface area (TPSA) is 47.6 Å². The van der Waals surface area contributed by atoms with Crippen molar-refractivity contribution in [2.45, 2.75) is 20.8 Å². The van der Waals surface area contributed by atoms with Crippen LogP contribution in [0.25, 0.3) is 0 Å². The van der Waals surface area contributed by atoms with Crippen LogP contribution in [-0.2, 0) is 9.53 Å². The maximum absolute atomic E-state index is 11.2. The quantitative estimate of drug-likeness (QED) is 0.622. The van der Waals surface area contributed by atoms with E-state index in [1.807, 2.05) is 38.1 Å². The van der Waals surface area contributed by atoms with Crippen molar-refractivity contribution in [2.24, 2.45) is 0 Å². The molecule has 0 unspecified atom stereocenters. The van der Waals surface area contributed by atoms with E-state index in [9.17, 15) is 4.79 Å². The van der Waals surface area contributed by atoms with E-state index >= 15 is 0 Å². The second-order valence-corrected chi connectivity index (χ2v) is 3.66. The Hall–Kier alpha value is -1.97. The summed E-state index contributed by atoms with van der Waals surface area (Å²) in [4.78, 5) is 11.2. The van der Waals surface area contributed by atoms with Crippen LogP contribution in [0.1, 0.15) is 20.8 Å². The first-order valence-electron chi connectivity index (χ1n) is 6.00. The van der Waals surface area contributed by atoms with Crippen LogP contribution in [0.5, 0.6) is 5.75 Å². The summed E-state index contributed by atoms with van der Waals surface area (Å²) in [7, 11) is 0. The second kappa shape index (κ2) is 7.37. The number of carbonyl (C=O) groups excluding carboxylic acids is 1. The highest BCUT2D eigenvalue weighted by molar-refractivity contribution is 5.83. The third-order valence-electron chi connectivity index (χ3n) is 2.13. The van der Waals surface area contributed by atoms with Crippen molar-refractivity contribution in [1.82, 2.24) is 0 Å². The van der Waals surface area contributed by atoms with E-state index in [1.165, 1.54) is 6.08 Å². The Bertz CT molecular complexity index is 410. The van der Waals surface area contributed by atoms with Crippen LogP contribution in [-0.4, -0.2) is 19.2 Å². The third kappa shape index (κ3) is 4.91. The van der Waals surface area contributed by atoms with E-state index in [0.29, 0.717) is 13.2 Å². The van der Waals surface area contributed by atoms with Gasteiger partial charge in [-0.05, 0) is 45.0 Å². The first-order chi connectivity index (χ1) is 8.65. The van der Waals surface area contributed by atoms with E-state index in [-0.39, 0.29) is 5.97 Å². The third-order valence-corrected chi connectivity index (χ3v) is 2.13. The lowest BCUT2D eigenvalue weighted by Gasteiger charge is -2.08. The van der Waals surface area contributed by atoms with E-state index < -0.39 is 0 Å². The normalized spacial score (nSPS) is 10.9. The minimum absolute atomic E-state index is 0.339. The smallest absolute Gasteiger partial charge is 0.332 e. The van der Waals surface area contributed by atoms with Gasteiger partial charge in [-0.15, -0.1) is 0 Å². The number of benzene rings is 1. The van der Waals surface area contributed by atoms with E-state index in [1.54, 1.807) is 6.92 Å². The monoisotopic (exact) mass is 249 g/mol. The molecular weight excluding hydrogens is 230 g/mol. The summed E-state index contributed by atoms with van der Waals surface area (Å²) in [5, 5.41) is 3.11. The summed E-state index contributed by atoms with van der Waals surface area (Å²) in [5.41, 5.74) is 1.63. The standard InChI is InChI=1S/C14H19NO3/c1-4-17-13-8-6-12(7-9-13)15-11(3)10-14(16)18-5-2/h6-10,15H,4-5H2,1-3H3/b11-10-. The summed E-state index contributed by atoms with van der Waals surface area (Å²) in [6, 6.07) is 7.55. The Balaban J connectivity index is 2.58. The van der Waals surface area contributed by atoms with Gasteiger partial charge in [-0.1, -0.05) is 0 Å². The van der Waals surface area contributed by atoms with Gasteiger partial charge in [0.1, 0.15) is 5.75 Å². The van der Waals surface area contributed by atoms with Gasteiger partial charge in [0.25, 0.3) is 0 Å². The number of hydrogen-bond donors (Lipinski definition) is 1. The molecule has 0 aromatic heterocycles. The van der Waals surface area contributed by atoms with Crippen molar-refractivity contribution in [2.75, 3.05) is 18.5 Å². The first kappa shape index (κ1) is 14.1. The van der Waals surface area contributed by atoms with Gasteiger partial charge in [-0.3, -0.25) is 0 Å². The molecule has 0 radical (unpaired) electrons. The predicted molar refractivity (Wildman–Crippen MR) is 71.6 cm³/mol. The molecular formula is C14H19NO3. The molecule has 4 nitrogen and oxygen atoms in total. The van der Waals surface area contributed by atoms with Gasteiger partial charge in [0.05, 0.1) is 13.2 Å². The van der Waals surface area contributed by atoms with Crippen LogP contribution in [0.3, 0.4) is 0 Å². The zero-order valence-electron chi connectivity index (χ0n) is 11.0. The number of nitrogens with one attached hydrogen (secondary N) is 1. The Kier molecular flexibility index (Phi) is 5.77. The van der Waals surface area contributed by atoms with Gasteiger partial charge in [-0.25, -0.2) is 4.79 Å². The number of carbonyl (C=O) groups is 1. The van der Waals surface area contributed by atoms with Crippen molar-refractivity contribution in [1.29, 1.82) is 0 Å². The number of rotatable bonds is 6. The molecule has 1 N–H and O–H groups in total. The molecule has 98 valence electrons. The molecule has 0 atom stereocenters. The molecule has 1 rings (SSSR count). The van der Waals surface area contributed by atoms with Crippen LogP contribution < -0.4 is 10.1 Å². The summed E-state index contributed by atoms with van der Waals surface area (Å²) < 4.78 is 10.2. The van der Waals surface area contributed by atoms with Gasteiger partial charge in [-0.2, -0.15) is 0 Å². The van der Waals surface area contributed by atoms with Crippen LogP contribution in [0.4, 0.5) is 5.69 Å². The van der Waals surface area contributed by atoms with Crippen LogP contribution in [0.15, 0.2) is 36.0 Å². The largest absolute Gasteiger partial charge is 0.494 e. The van der Waals surface area contributed by atoms with Crippen LogP contribution in [0, 0.1) is 0 Å². The fourth-order valence-electron chi connectivity index (χ4n) is 1.43. The van der Waals surface area contributed by atoms with Crippen molar-refractivity contribution in [3.63, 3.8) is 0 Å². The van der Waals surface area contributed by atoms with Gasteiger partial charge in [0.2, 0.25) is 0 Å². The molecule has 0 aliphatic heterocycles. The van der Waals surface area contributed by atoms with Crippen LogP contribution >= 0.6 is 0 Å². The van der Waals surface area contributed by atoms with Gasteiger partial charge < -0.3 is 14.8 Å². The van der Waals surface area contributed by atoms with Crippen LogP contribution in [0.2, 0.25) is 0 Å². The number of allylic oxidation sites excluding steroid dienone is 1. The molecule has 1 aromatic carbocycles. The zero-order valence-corrected chi connectivity index (χ0v) is 11.0. The van der Waals surface area contributed by atoms with E-state index in [2.05, 4.69) is 5.32 Å². The van der Waals surface area contributed by atoms with Gasteiger partial charge in [0.15, 0.2) is 0 Å². The molecule has 4 heteroatoms. The Morgan fingerprint density at radius 1 is 1.22 bits per heavy atom. The molecule has 0 bridgehead atoms. The molecule has 0 spiro atoms. The van der Waals surface area contributed by atoms with Crippen molar-refractivity contribution in [3.8, 4) is 5.75 Å². The van der Waals surface area contributed by atoms with Gasteiger partial charge in [0, 0.05) is 17.5 Å². The van der Waals surface area contributed by atoms with Crippen molar-refractivity contribution >= 4 is 11.7 Å². The zero-order chi connectivity index (χ0) is 13.4. The summed E-state index contributed by atoms with van der Waals surface area (Å²) >= 11 is 0. The molecule has 0 amide bonds. The molecule has 0 fully saturated rings. The maximum Gasteiger partial charge on any atom is 0.332 e. The lowest BCUT2D eigenvalue weighted by molar-refractivity contribution is -0.137. The fourth-order valence-corrected chi connectivity index (χ4v) is 1.43. The SMILES string of the molecule is CCOC(=O)/C=C(/C)Nc1ccc(OCC)cc1. The fraction of sp³-hybridized carbons (Fsp3) is 0.357. The average molecular weight is 249 g/mol. The molecule has 0 aliphatic rings. The molecule has 0 saturated heterocycles. The highest BCUT2D eigenvalue weighted by Crippen LogP contribution is 2.16. The minimum atomic E-state index is -0.339. The Morgan fingerprint density at radius 3 is 2.44 bits per heavy atom. The van der Waals surface area contributed by atoms with Gasteiger partial charge >= 0.3 is 5.97 Å². The summed E-state index contributed by atoms with van der Waals surface area (Å²) in [5.74, 6) is 0.489. The highest BCUT2D eigenvalue weighted by Gasteiger charge is 1.99. The molecule has 0 aliphatic carbocycles. The van der Waals surface area contributed by atoms with E-state index in [0.717, 1.165) is 17.1 Å².